The third-order valence-corrected chi connectivity index (χ3v) is 6.72. The molecule has 3 aromatic rings. The van der Waals surface area contributed by atoms with Crippen LogP contribution >= 0.6 is 0 Å². The number of rotatable bonds is 8. The van der Waals surface area contributed by atoms with Crippen molar-refractivity contribution in [1.82, 2.24) is 25.1 Å². The van der Waals surface area contributed by atoms with E-state index in [1.54, 1.807) is 14.2 Å². The number of anilines is 1. The van der Waals surface area contributed by atoms with E-state index in [0.29, 0.717) is 0 Å². The molecule has 2 heterocycles. The fourth-order valence-electron chi connectivity index (χ4n) is 4.45. The van der Waals surface area contributed by atoms with Gasteiger partial charge in [0.05, 0.1) is 25.4 Å². The van der Waals surface area contributed by atoms with Crippen molar-refractivity contribution in [3.63, 3.8) is 0 Å². The molecule has 1 saturated heterocycles. The van der Waals surface area contributed by atoms with Gasteiger partial charge in [-0.1, -0.05) is 37.3 Å². The van der Waals surface area contributed by atoms with Gasteiger partial charge in [0.25, 0.3) is 0 Å². The van der Waals surface area contributed by atoms with Gasteiger partial charge >= 0.3 is 0 Å². The zero-order valence-electron chi connectivity index (χ0n) is 20.2. The molecule has 2 aromatic carbocycles. The predicted molar refractivity (Wildman–Crippen MR) is 129 cm³/mol. The summed E-state index contributed by atoms with van der Waals surface area (Å²) in [6.45, 7) is 9.99. The molecule has 0 amide bonds. The first-order valence-electron chi connectivity index (χ1n) is 11.5. The van der Waals surface area contributed by atoms with E-state index in [-0.39, 0.29) is 11.6 Å². The van der Waals surface area contributed by atoms with E-state index < -0.39 is 0 Å². The van der Waals surface area contributed by atoms with Crippen LogP contribution in [-0.4, -0.2) is 65.5 Å². The molecule has 0 saturated carbocycles. The lowest BCUT2D eigenvalue weighted by atomic mass is 9.98. The van der Waals surface area contributed by atoms with E-state index in [4.69, 9.17) is 9.47 Å². The van der Waals surface area contributed by atoms with E-state index in [2.05, 4.69) is 70.4 Å². The van der Waals surface area contributed by atoms with Gasteiger partial charge in [-0.05, 0) is 48.9 Å². The fraction of sp³-hybridized carbons (Fsp3) is 0.480. The van der Waals surface area contributed by atoms with Crippen molar-refractivity contribution in [2.75, 3.05) is 45.3 Å². The minimum Gasteiger partial charge on any atom is -0.496 e. The van der Waals surface area contributed by atoms with Gasteiger partial charge in [0.2, 0.25) is 0 Å². The van der Waals surface area contributed by atoms with Crippen LogP contribution in [0.1, 0.15) is 44.6 Å². The van der Waals surface area contributed by atoms with Crippen LogP contribution in [0, 0.1) is 0 Å². The van der Waals surface area contributed by atoms with Crippen LogP contribution in [0.2, 0.25) is 0 Å². The number of hydrogen-bond acceptors (Lipinski definition) is 7. The minimum atomic E-state index is -0.196. The van der Waals surface area contributed by atoms with Crippen LogP contribution in [-0.2, 0) is 5.54 Å². The normalized spacial score (nSPS) is 16.0. The maximum Gasteiger partial charge on any atom is 0.173 e. The molecule has 33 heavy (non-hydrogen) atoms. The summed E-state index contributed by atoms with van der Waals surface area (Å²) in [6.07, 6.45) is 0.922. The first-order valence-corrected chi connectivity index (χ1v) is 11.5. The summed E-state index contributed by atoms with van der Waals surface area (Å²) in [4.78, 5) is 4.84. The third kappa shape index (κ3) is 4.53. The fourth-order valence-corrected chi connectivity index (χ4v) is 4.45. The molecule has 1 aliphatic heterocycles. The van der Waals surface area contributed by atoms with Crippen molar-refractivity contribution < 1.29 is 9.47 Å². The monoisotopic (exact) mass is 450 g/mol. The summed E-state index contributed by atoms with van der Waals surface area (Å²) in [7, 11) is 3.44. The van der Waals surface area contributed by atoms with E-state index in [1.165, 1.54) is 0 Å². The maximum atomic E-state index is 5.76. The van der Waals surface area contributed by atoms with Gasteiger partial charge in [-0.2, -0.15) is 0 Å². The first kappa shape index (κ1) is 23.0. The molecule has 0 spiro atoms. The first-order chi connectivity index (χ1) is 16.0. The SMILES string of the molecule is CCC(C)(C)n1nnnc1[C@H](c1ccccc1OC)N1CCN(c2ccccc2OC)CC1. The molecule has 4 rings (SSSR count). The van der Waals surface area contributed by atoms with E-state index >= 15 is 0 Å². The third-order valence-electron chi connectivity index (χ3n) is 6.72. The Labute approximate surface area is 196 Å². The van der Waals surface area contributed by atoms with Crippen molar-refractivity contribution >= 4 is 5.69 Å². The second-order valence-electron chi connectivity index (χ2n) is 8.95. The number of methoxy groups -OCH3 is 2. The standard InChI is InChI=1S/C25H34N6O2/c1-6-25(2,3)31-24(26-27-28-31)23(19-11-7-9-13-21(19)32-4)30-17-15-29(16-18-30)20-12-8-10-14-22(20)33-5/h7-14,23H,6,15-18H2,1-5H3/t23-/m0/s1. The van der Waals surface area contributed by atoms with Gasteiger partial charge in [-0.3, -0.25) is 4.90 Å². The Morgan fingerprint density at radius 1 is 0.909 bits per heavy atom. The van der Waals surface area contributed by atoms with Crippen LogP contribution < -0.4 is 14.4 Å². The molecule has 0 N–H and O–H groups in total. The van der Waals surface area contributed by atoms with Crippen molar-refractivity contribution in [2.45, 2.75) is 38.8 Å². The lowest BCUT2D eigenvalue weighted by Crippen LogP contribution is -2.49. The van der Waals surface area contributed by atoms with Crippen LogP contribution in [0.4, 0.5) is 5.69 Å². The van der Waals surface area contributed by atoms with E-state index in [0.717, 1.165) is 61.2 Å². The van der Waals surface area contributed by atoms with Crippen LogP contribution in [0.3, 0.4) is 0 Å². The highest BCUT2D eigenvalue weighted by atomic mass is 16.5. The number of piperazine rings is 1. The number of aromatic nitrogens is 4. The Morgan fingerprint density at radius 2 is 1.55 bits per heavy atom. The maximum absolute atomic E-state index is 5.76. The molecular weight excluding hydrogens is 416 g/mol. The Bertz CT molecular complexity index is 1060. The molecule has 0 bridgehead atoms. The largest absolute Gasteiger partial charge is 0.496 e. The molecule has 0 aliphatic carbocycles. The molecule has 8 heteroatoms. The summed E-state index contributed by atoms with van der Waals surface area (Å²) >= 11 is 0. The molecule has 1 aromatic heterocycles. The number of ether oxygens (including phenoxy) is 2. The molecule has 0 radical (unpaired) electrons. The minimum absolute atomic E-state index is 0.109. The molecule has 1 fully saturated rings. The lowest BCUT2D eigenvalue weighted by molar-refractivity contribution is 0.184. The molecular formula is C25H34N6O2. The van der Waals surface area contributed by atoms with Crippen molar-refractivity contribution in [2.24, 2.45) is 0 Å². The number of para-hydroxylation sites is 3. The van der Waals surface area contributed by atoms with Gasteiger partial charge in [0, 0.05) is 31.7 Å². The van der Waals surface area contributed by atoms with Gasteiger partial charge in [0.15, 0.2) is 5.82 Å². The highest BCUT2D eigenvalue weighted by molar-refractivity contribution is 5.58. The lowest BCUT2D eigenvalue weighted by Gasteiger charge is -2.41. The van der Waals surface area contributed by atoms with Gasteiger partial charge < -0.3 is 14.4 Å². The molecule has 176 valence electrons. The van der Waals surface area contributed by atoms with Crippen LogP contribution in [0.5, 0.6) is 11.5 Å². The van der Waals surface area contributed by atoms with E-state index in [1.807, 2.05) is 28.9 Å². The summed E-state index contributed by atoms with van der Waals surface area (Å²) in [5.74, 6) is 2.59. The highest BCUT2D eigenvalue weighted by Crippen LogP contribution is 2.37. The molecule has 8 nitrogen and oxygen atoms in total. The molecule has 0 unspecified atom stereocenters. The second-order valence-corrected chi connectivity index (χ2v) is 8.95. The number of hydrogen-bond donors (Lipinski definition) is 0. The van der Waals surface area contributed by atoms with Gasteiger partial charge in [-0.15, -0.1) is 5.10 Å². The van der Waals surface area contributed by atoms with Crippen molar-refractivity contribution in [3.8, 4) is 11.5 Å². The van der Waals surface area contributed by atoms with E-state index in [9.17, 15) is 0 Å². The van der Waals surface area contributed by atoms with Crippen LogP contribution in [0.15, 0.2) is 48.5 Å². The highest BCUT2D eigenvalue weighted by Gasteiger charge is 2.35. The Hall–Kier alpha value is -3.13. The number of nitrogens with zero attached hydrogens (tertiary/aromatic N) is 6. The summed E-state index contributed by atoms with van der Waals surface area (Å²) in [6, 6.07) is 16.3. The summed E-state index contributed by atoms with van der Waals surface area (Å²) < 4.78 is 13.3. The predicted octanol–water partition coefficient (Wildman–Crippen LogP) is 3.75. The van der Waals surface area contributed by atoms with Crippen molar-refractivity contribution in [3.05, 3.63) is 59.9 Å². The zero-order chi connectivity index (χ0) is 23.4. The average molecular weight is 451 g/mol. The smallest absolute Gasteiger partial charge is 0.173 e. The Kier molecular flexibility index (Phi) is 6.83. The molecule has 1 aliphatic rings. The van der Waals surface area contributed by atoms with Crippen molar-refractivity contribution in [1.29, 1.82) is 0 Å². The topological polar surface area (TPSA) is 68.5 Å². The number of benzene rings is 2. The number of tetrazole rings is 1. The second kappa shape index (κ2) is 9.79. The Balaban J connectivity index is 1.68. The Morgan fingerprint density at radius 3 is 2.21 bits per heavy atom. The quantitative estimate of drug-likeness (QED) is 0.518. The summed E-state index contributed by atoms with van der Waals surface area (Å²) in [5.41, 5.74) is 2.01. The van der Waals surface area contributed by atoms with Crippen LogP contribution in [0.25, 0.3) is 0 Å². The zero-order valence-corrected chi connectivity index (χ0v) is 20.2. The average Bonchev–Trinajstić information content (AvgIpc) is 3.35. The molecule has 1 atom stereocenters. The van der Waals surface area contributed by atoms with Gasteiger partial charge in [-0.25, -0.2) is 4.68 Å². The summed E-state index contributed by atoms with van der Waals surface area (Å²) in [5, 5.41) is 13.0. The van der Waals surface area contributed by atoms with Gasteiger partial charge in [0.1, 0.15) is 17.5 Å².